The van der Waals surface area contributed by atoms with Gasteiger partial charge in [-0.2, -0.15) is 18.2 Å². The summed E-state index contributed by atoms with van der Waals surface area (Å²) in [7, 11) is 2.17. The van der Waals surface area contributed by atoms with E-state index in [0.717, 1.165) is 57.0 Å². The molecule has 1 amide bonds. The van der Waals surface area contributed by atoms with Crippen LogP contribution in [0.3, 0.4) is 0 Å². The summed E-state index contributed by atoms with van der Waals surface area (Å²) in [5.74, 6) is 0.698. The monoisotopic (exact) mass is 620 g/mol. The number of nitrogens with zero attached hydrogens (tertiary/aromatic N) is 7. The standard InChI is InChI=1S/C31H35F3N10O/c1-19-3-4-20(29(45)38-22-7-5-21(6-8-22)31(32,33)34)17-24(19)39-28-26-25(36-18-37-28)27(35)41-30(40-26)44-15-13-43(14-16-44)23-9-11-42(2)12-10-23/h3-8,17-18,23H,9-16H2,1-2H3,(H,38,45)(H2,35,40,41)(H,36,37,39). The number of fused-ring (bicyclic) bond motifs is 1. The minimum absolute atomic E-state index is 0.247. The number of halogens is 3. The van der Waals surface area contributed by atoms with Gasteiger partial charge in [0, 0.05) is 49.2 Å². The van der Waals surface area contributed by atoms with Gasteiger partial charge in [0.05, 0.1) is 5.56 Å². The first-order valence-corrected chi connectivity index (χ1v) is 14.9. The van der Waals surface area contributed by atoms with Crippen LogP contribution < -0.4 is 21.3 Å². The first-order chi connectivity index (χ1) is 21.5. The Hall–Kier alpha value is -4.56. The predicted molar refractivity (Wildman–Crippen MR) is 168 cm³/mol. The highest BCUT2D eigenvalue weighted by Crippen LogP contribution is 2.31. The lowest BCUT2D eigenvalue weighted by Crippen LogP contribution is -2.53. The van der Waals surface area contributed by atoms with E-state index < -0.39 is 17.6 Å². The molecule has 0 aliphatic carbocycles. The number of alkyl halides is 3. The maximum Gasteiger partial charge on any atom is 0.416 e. The molecule has 14 heteroatoms. The summed E-state index contributed by atoms with van der Waals surface area (Å²) in [5.41, 5.74) is 8.42. The summed E-state index contributed by atoms with van der Waals surface area (Å²) in [4.78, 5) is 38.2. The van der Waals surface area contributed by atoms with Crippen molar-refractivity contribution in [2.45, 2.75) is 32.0 Å². The van der Waals surface area contributed by atoms with E-state index in [-0.39, 0.29) is 11.5 Å². The average Bonchev–Trinajstić information content (AvgIpc) is 3.02. The number of nitrogens with one attached hydrogen (secondary N) is 2. The first kappa shape index (κ1) is 30.5. The lowest BCUT2D eigenvalue weighted by molar-refractivity contribution is -0.137. The highest BCUT2D eigenvalue weighted by atomic mass is 19.4. The smallest absolute Gasteiger partial charge is 0.382 e. The molecule has 4 aromatic rings. The predicted octanol–water partition coefficient (Wildman–Crippen LogP) is 4.54. The molecule has 6 rings (SSSR count). The molecule has 2 fully saturated rings. The molecule has 0 bridgehead atoms. The van der Waals surface area contributed by atoms with Gasteiger partial charge in [0.1, 0.15) is 17.4 Å². The van der Waals surface area contributed by atoms with Gasteiger partial charge in [0.25, 0.3) is 5.91 Å². The summed E-state index contributed by atoms with van der Waals surface area (Å²) in [5, 5.41) is 5.92. The molecule has 45 heavy (non-hydrogen) atoms. The van der Waals surface area contributed by atoms with Gasteiger partial charge in [-0.1, -0.05) is 6.07 Å². The van der Waals surface area contributed by atoms with E-state index in [4.69, 9.17) is 10.7 Å². The van der Waals surface area contributed by atoms with Crippen LogP contribution in [-0.2, 0) is 6.18 Å². The molecule has 4 heterocycles. The number of amides is 1. The zero-order valence-corrected chi connectivity index (χ0v) is 25.1. The maximum atomic E-state index is 13.0. The van der Waals surface area contributed by atoms with E-state index in [9.17, 15) is 18.0 Å². The maximum absolute atomic E-state index is 13.0. The summed E-state index contributed by atoms with van der Waals surface area (Å²) in [6.07, 6.45) is -0.719. The Morgan fingerprint density at radius 3 is 2.33 bits per heavy atom. The Kier molecular flexibility index (Phi) is 8.42. The molecule has 4 N–H and O–H groups in total. The third kappa shape index (κ3) is 6.76. The van der Waals surface area contributed by atoms with Gasteiger partial charge >= 0.3 is 6.18 Å². The van der Waals surface area contributed by atoms with Crippen LogP contribution in [0.15, 0.2) is 48.8 Å². The van der Waals surface area contributed by atoms with Crippen molar-refractivity contribution in [1.29, 1.82) is 0 Å². The van der Waals surface area contributed by atoms with Crippen LogP contribution in [-0.4, -0.2) is 88.0 Å². The van der Waals surface area contributed by atoms with Crippen molar-refractivity contribution in [2.75, 3.05) is 67.6 Å². The number of benzene rings is 2. The quantitative estimate of drug-likeness (QED) is 0.283. The van der Waals surface area contributed by atoms with Gasteiger partial charge in [-0.05, 0) is 81.9 Å². The number of hydrogen-bond donors (Lipinski definition) is 3. The third-order valence-corrected chi connectivity index (χ3v) is 8.52. The number of nitrogen functional groups attached to an aromatic ring is 1. The molecule has 0 spiro atoms. The zero-order valence-electron chi connectivity index (χ0n) is 25.1. The number of piperidine rings is 1. The van der Waals surface area contributed by atoms with Crippen LogP contribution >= 0.6 is 0 Å². The molecule has 0 unspecified atom stereocenters. The van der Waals surface area contributed by atoms with Crippen molar-refractivity contribution >= 4 is 45.9 Å². The fourth-order valence-electron chi connectivity index (χ4n) is 5.81. The van der Waals surface area contributed by atoms with Crippen molar-refractivity contribution < 1.29 is 18.0 Å². The van der Waals surface area contributed by atoms with Crippen molar-refractivity contribution in [2.24, 2.45) is 0 Å². The van der Waals surface area contributed by atoms with Crippen LogP contribution in [0.4, 0.5) is 42.1 Å². The largest absolute Gasteiger partial charge is 0.416 e. The molecule has 0 radical (unpaired) electrons. The Balaban J connectivity index is 1.19. The SMILES string of the molecule is Cc1ccc(C(=O)Nc2ccc(C(F)(F)F)cc2)cc1Nc1ncnc2c(N)nc(N3CCN(C4CCN(C)CC4)CC3)nc12. The Morgan fingerprint density at radius 2 is 1.64 bits per heavy atom. The van der Waals surface area contributed by atoms with E-state index in [2.05, 4.69) is 47.3 Å². The summed E-state index contributed by atoms with van der Waals surface area (Å²) in [6.45, 7) is 7.53. The van der Waals surface area contributed by atoms with E-state index in [1.807, 2.05) is 6.92 Å². The normalized spacial score (nSPS) is 17.0. The minimum atomic E-state index is -4.46. The number of carbonyl (C=O) groups is 1. The van der Waals surface area contributed by atoms with Crippen LogP contribution in [0.2, 0.25) is 0 Å². The highest BCUT2D eigenvalue weighted by Gasteiger charge is 2.30. The van der Waals surface area contributed by atoms with Crippen LogP contribution in [0, 0.1) is 6.92 Å². The fourth-order valence-corrected chi connectivity index (χ4v) is 5.81. The van der Waals surface area contributed by atoms with Crippen LogP contribution in [0.25, 0.3) is 11.0 Å². The molecule has 2 aliphatic rings. The number of anilines is 5. The van der Waals surface area contributed by atoms with Crippen LogP contribution in [0.1, 0.15) is 34.3 Å². The van der Waals surface area contributed by atoms with Gasteiger partial charge in [0.15, 0.2) is 11.6 Å². The van der Waals surface area contributed by atoms with Gasteiger partial charge in [-0.15, -0.1) is 0 Å². The summed E-state index contributed by atoms with van der Waals surface area (Å²) < 4.78 is 38.7. The Labute approximate surface area is 258 Å². The number of rotatable bonds is 6. The van der Waals surface area contributed by atoms with Crippen molar-refractivity contribution in [3.63, 3.8) is 0 Å². The zero-order chi connectivity index (χ0) is 31.7. The Bertz CT molecular complexity index is 1680. The van der Waals surface area contributed by atoms with E-state index in [0.29, 0.717) is 40.1 Å². The van der Waals surface area contributed by atoms with Crippen LogP contribution in [0.5, 0.6) is 0 Å². The highest BCUT2D eigenvalue weighted by molar-refractivity contribution is 6.05. The lowest BCUT2D eigenvalue weighted by atomic mass is 10.0. The van der Waals surface area contributed by atoms with Gasteiger partial charge in [-0.25, -0.2) is 15.0 Å². The van der Waals surface area contributed by atoms with Crippen molar-refractivity contribution in [3.8, 4) is 0 Å². The molecular formula is C31H35F3N10O. The topological polar surface area (TPSA) is 128 Å². The number of nitrogens with two attached hydrogens (primary N) is 1. The molecule has 0 saturated carbocycles. The number of hydrogen-bond acceptors (Lipinski definition) is 10. The van der Waals surface area contributed by atoms with Gasteiger partial charge in [0.2, 0.25) is 5.95 Å². The second-order valence-electron chi connectivity index (χ2n) is 11.6. The van der Waals surface area contributed by atoms with Crippen molar-refractivity contribution in [3.05, 3.63) is 65.5 Å². The van der Waals surface area contributed by atoms with E-state index >= 15 is 0 Å². The molecular weight excluding hydrogens is 585 g/mol. The number of carbonyl (C=O) groups excluding carboxylic acids is 1. The lowest BCUT2D eigenvalue weighted by Gasteiger charge is -2.42. The third-order valence-electron chi connectivity index (χ3n) is 8.52. The molecule has 2 aliphatic heterocycles. The van der Waals surface area contributed by atoms with Gasteiger partial charge in [-0.3, -0.25) is 9.69 Å². The number of aromatic nitrogens is 4. The average molecular weight is 621 g/mol. The van der Waals surface area contributed by atoms with Crippen molar-refractivity contribution in [1.82, 2.24) is 29.7 Å². The number of piperazine rings is 1. The summed E-state index contributed by atoms with van der Waals surface area (Å²) >= 11 is 0. The van der Waals surface area contributed by atoms with E-state index in [1.54, 1.807) is 18.2 Å². The molecule has 0 atom stereocenters. The van der Waals surface area contributed by atoms with E-state index in [1.165, 1.54) is 31.3 Å². The molecule has 2 aromatic heterocycles. The number of aryl methyl sites for hydroxylation is 1. The molecule has 11 nitrogen and oxygen atoms in total. The minimum Gasteiger partial charge on any atom is -0.382 e. The second-order valence-corrected chi connectivity index (χ2v) is 11.6. The molecule has 236 valence electrons. The first-order valence-electron chi connectivity index (χ1n) is 14.9. The number of likely N-dealkylation sites (tertiary alicyclic amines) is 1. The molecule has 2 saturated heterocycles. The fraction of sp³-hybridized carbons (Fsp3) is 0.387. The van der Waals surface area contributed by atoms with Gasteiger partial charge < -0.3 is 26.2 Å². The molecule has 2 aromatic carbocycles. The second kappa shape index (κ2) is 12.4. The summed E-state index contributed by atoms with van der Waals surface area (Å²) in [6, 6.07) is 9.95. The Morgan fingerprint density at radius 1 is 0.933 bits per heavy atom.